The average Bonchev–Trinajstić information content (AvgIpc) is 3.01. The Morgan fingerprint density at radius 3 is 2.46 bits per heavy atom. The van der Waals surface area contributed by atoms with Crippen LogP contribution < -0.4 is 5.32 Å². The van der Waals surface area contributed by atoms with Gasteiger partial charge in [0.1, 0.15) is 6.54 Å². The number of aliphatic imine (C=N–C) groups is 1. The molecule has 0 spiro atoms. The highest BCUT2D eigenvalue weighted by molar-refractivity contribution is 14.0. The number of rotatable bonds is 4. The molecule has 6 nitrogen and oxygen atoms in total. The van der Waals surface area contributed by atoms with E-state index in [1.807, 2.05) is 0 Å². The number of piperidine rings is 1. The number of nitrogens with zero attached hydrogens (tertiary/aromatic N) is 4. The van der Waals surface area contributed by atoms with Crippen LogP contribution in [-0.4, -0.2) is 85.5 Å². The molecule has 24 heavy (non-hydrogen) atoms. The summed E-state index contributed by atoms with van der Waals surface area (Å²) >= 11 is 0. The van der Waals surface area contributed by atoms with Crippen LogP contribution >= 0.6 is 24.0 Å². The first-order valence-corrected chi connectivity index (χ1v) is 8.97. The Kier molecular flexibility index (Phi) is 9.33. The zero-order chi connectivity index (χ0) is 16.8. The zero-order valence-electron chi connectivity index (χ0n) is 15.6. The largest absolute Gasteiger partial charge is 0.354 e. The van der Waals surface area contributed by atoms with Gasteiger partial charge >= 0.3 is 0 Å². The number of likely N-dealkylation sites (N-methyl/N-ethyl adjacent to an activating group) is 1. The second-order valence-corrected chi connectivity index (χ2v) is 7.21. The number of carbonyl (C=O) groups is 1. The van der Waals surface area contributed by atoms with Crippen LogP contribution in [0.4, 0.5) is 0 Å². The lowest BCUT2D eigenvalue weighted by Crippen LogP contribution is -2.46. The fourth-order valence-corrected chi connectivity index (χ4v) is 3.29. The number of nitrogens with one attached hydrogen (secondary N) is 1. The summed E-state index contributed by atoms with van der Waals surface area (Å²) in [5.74, 6) is 0.926. The Labute approximate surface area is 164 Å². The maximum Gasteiger partial charge on any atom is 0.243 e. The van der Waals surface area contributed by atoms with Gasteiger partial charge in [-0.1, -0.05) is 6.42 Å². The van der Waals surface area contributed by atoms with E-state index in [0.717, 1.165) is 19.0 Å². The van der Waals surface area contributed by atoms with Crippen molar-refractivity contribution in [3.8, 4) is 0 Å². The van der Waals surface area contributed by atoms with E-state index in [0.29, 0.717) is 12.1 Å². The Bertz CT molecular complexity index is 421. The Balaban J connectivity index is 0.00000288. The monoisotopic (exact) mass is 451 g/mol. The van der Waals surface area contributed by atoms with Gasteiger partial charge in [-0.25, -0.2) is 4.99 Å². The lowest BCUT2D eigenvalue weighted by molar-refractivity contribution is -0.127. The zero-order valence-corrected chi connectivity index (χ0v) is 18.0. The summed E-state index contributed by atoms with van der Waals surface area (Å²) in [6, 6.07) is 0.955. The molecule has 2 rings (SSSR count). The standard InChI is InChI=1S/C17H33N5O.HI/c1-14(2)19-17(18-12-16(23)20(3)4)22-11-8-15(13-22)21-9-6-5-7-10-21;/h14-15H,5-13H2,1-4H3,(H,18,19);1H. The van der Waals surface area contributed by atoms with Gasteiger partial charge in [-0.2, -0.15) is 0 Å². The minimum Gasteiger partial charge on any atom is -0.354 e. The van der Waals surface area contributed by atoms with Crippen molar-refractivity contribution in [1.82, 2.24) is 20.0 Å². The van der Waals surface area contributed by atoms with Gasteiger partial charge in [-0.3, -0.25) is 9.69 Å². The van der Waals surface area contributed by atoms with Crippen molar-refractivity contribution in [1.29, 1.82) is 0 Å². The molecule has 2 aliphatic rings. The number of hydrogen-bond donors (Lipinski definition) is 1. The molecule has 0 radical (unpaired) electrons. The predicted molar refractivity (Wildman–Crippen MR) is 110 cm³/mol. The van der Waals surface area contributed by atoms with E-state index in [1.165, 1.54) is 38.8 Å². The minimum atomic E-state index is 0. The molecule has 0 aromatic rings. The molecule has 1 atom stereocenters. The summed E-state index contributed by atoms with van der Waals surface area (Å²) in [6.45, 7) is 8.96. The third-order valence-corrected chi connectivity index (χ3v) is 4.65. The fourth-order valence-electron chi connectivity index (χ4n) is 3.29. The number of hydrogen-bond acceptors (Lipinski definition) is 3. The second-order valence-electron chi connectivity index (χ2n) is 7.21. The average molecular weight is 451 g/mol. The highest BCUT2D eigenvalue weighted by Gasteiger charge is 2.30. The van der Waals surface area contributed by atoms with Gasteiger partial charge in [0.05, 0.1) is 0 Å². The van der Waals surface area contributed by atoms with E-state index in [-0.39, 0.29) is 36.4 Å². The van der Waals surface area contributed by atoms with Crippen LogP contribution in [0, 0.1) is 0 Å². The van der Waals surface area contributed by atoms with Gasteiger partial charge in [0, 0.05) is 39.3 Å². The second kappa shape index (κ2) is 10.4. The van der Waals surface area contributed by atoms with Crippen molar-refractivity contribution in [2.24, 2.45) is 4.99 Å². The predicted octanol–water partition coefficient (Wildman–Crippen LogP) is 1.61. The van der Waals surface area contributed by atoms with Gasteiger partial charge in [0.2, 0.25) is 5.91 Å². The third kappa shape index (κ3) is 6.38. The SMILES string of the molecule is CC(C)NC(=NCC(=O)N(C)C)N1CCC(N2CCCCC2)C1.I. The molecule has 0 aromatic heterocycles. The highest BCUT2D eigenvalue weighted by Crippen LogP contribution is 2.20. The van der Waals surface area contributed by atoms with E-state index >= 15 is 0 Å². The molecule has 0 saturated carbocycles. The number of guanidine groups is 1. The number of amides is 1. The van der Waals surface area contributed by atoms with Crippen molar-refractivity contribution in [3.63, 3.8) is 0 Å². The van der Waals surface area contributed by atoms with E-state index in [2.05, 4.69) is 34.0 Å². The number of halogens is 1. The summed E-state index contributed by atoms with van der Waals surface area (Å²) in [4.78, 5) is 22.9. The molecule has 140 valence electrons. The fraction of sp³-hybridized carbons (Fsp3) is 0.882. The molecule has 2 saturated heterocycles. The van der Waals surface area contributed by atoms with Crippen molar-refractivity contribution in [3.05, 3.63) is 0 Å². The first kappa shape index (κ1) is 21.5. The maximum absolute atomic E-state index is 11.8. The molecule has 7 heteroatoms. The van der Waals surface area contributed by atoms with Crippen molar-refractivity contribution < 1.29 is 4.79 Å². The summed E-state index contributed by atoms with van der Waals surface area (Å²) < 4.78 is 0. The molecule has 1 amide bonds. The first-order chi connectivity index (χ1) is 11.0. The van der Waals surface area contributed by atoms with Crippen molar-refractivity contribution >= 4 is 35.8 Å². The lowest BCUT2D eigenvalue weighted by atomic mass is 10.1. The molecule has 1 N–H and O–H groups in total. The van der Waals surface area contributed by atoms with E-state index in [1.54, 1.807) is 19.0 Å². The highest BCUT2D eigenvalue weighted by atomic mass is 127. The van der Waals surface area contributed by atoms with E-state index in [4.69, 9.17) is 0 Å². The van der Waals surface area contributed by atoms with Gasteiger partial charge in [0.15, 0.2) is 5.96 Å². The van der Waals surface area contributed by atoms with Crippen LogP contribution in [-0.2, 0) is 4.79 Å². The van der Waals surface area contributed by atoms with E-state index < -0.39 is 0 Å². The van der Waals surface area contributed by atoms with Crippen LogP contribution in [0.15, 0.2) is 4.99 Å². The summed E-state index contributed by atoms with van der Waals surface area (Å²) in [7, 11) is 3.55. The molecule has 2 aliphatic heterocycles. The summed E-state index contributed by atoms with van der Waals surface area (Å²) in [5.41, 5.74) is 0. The molecule has 1 unspecified atom stereocenters. The lowest BCUT2D eigenvalue weighted by Gasteiger charge is -2.32. The molecule has 0 aliphatic carbocycles. The normalized spacial score (nSPS) is 22.5. The molecular formula is C17H34IN5O. The summed E-state index contributed by atoms with van der Waals surface area (Å²) in [5, 5.41) is 3.43. The molecule has 2 fully saturated rings. The smallest absolute Gasteiger partial charge is 0.243 e. The van der Waals surface area contributed by atoms with Crippen LogP contribution in [0.25, 0.3) is 0 Å². The molecule has 0 aromatic carbocycles. The van der Waals surface area contributed by atoms with Gasteiger partial charge < -0.3 is 15.1 Å². The Morgan fingerprint density at radius 2 is 1.88 bits per heavy atom. The number of likely N-dealkylation sites (tertiary alicyclic amines) is 2. The maximum atomic E-state index is 11.8. The van der Waals surface area contributed by atoms with E-state index in [9.17, 15) is 4.79 Å². The van der Waals surface area contributed by atoms with Crippen molar-refractivity contribution in [2.75, 3.05) is 46.8 Å². The Morgan fingerprint density at radius 1 is 1.21 bits per heavy atom. The minimum absolute atomic E-state index is 0. The third-order valence-electron chi connectivity index (χ3n) is 4.65. The van der Waals surface area contributed by atoms with Crippen LogP contribution in [0.1, 0.15) is 39.5 Å². The summed E-state index contributed by atoms with van der Waals surface area (Å²) in [6.07, 6.45) is 5.24. The van der Waals surface area contributed by atoms with Crippen LogP contribution in [0.2, 0.25) is 0 Å². The molecule has 2 heterocycles. The van der Waals surface area contributed by atoms with Crippen LogP contribution in [0.3, 0.4) is 0 Å². The quantitative estimate of drug-likeness (QED) is 0.401. The number of carbonyl (C=O) groups excluding carboxylic acids is 1. The topological polar surface area (TPSA) is 51.2 Å². The van der Waals surface area contributed by atoms with Crippen molar-refractivity contribution in [2.45, 2.75) is 51.6 Å². The molecular weight excluding hydrogens is 417 g/mol. The van der Waals surface area contributed by atoms with Crippen LogP contribution in [0.5, 0.6) is 0 Å². The van der Waals surface area contributed by atoms with Gasteiger partial charge in [-0.05, 0) is 46.2 Å². The molecule has 0 bridgehead atoms. The Hall–Kier alpha value is -0.570. The van der Waals surface area contributed by atoms with Gasteiger partial charge in [-0.15, -0.1) is 24.0 Å². The van der Waals surface area contributed by atoms with Gasteiger partial charge in [0.25, 0.3) is 0 Å². The first-order valence-electron chi connectivity index (χ1n) is 8.97.